The van der Waals surface area contributed by atoms with Crippen molar-refractivity contribution in [2.75, 3.05) is 13.1 Å². The van der Waals surface area contributed by atoms with E-state index >= 15 is 0 Å². The minimum Gasteiger partial charge on any atom is -0.309 e. The number of aromatic nitrogens is 2. The van der Waals surface area contributed by atoms with E-state index in [1.54, 1.807) is 18.2 Å². The Morgan fingerprint density at radius 1 is 1.07 bits per heavy atom. The van der Waals surface area contributed by atoms with Crippen LogP contribution in [0.25, 0.3) is 10.9 Å². The molecule has 2 aromatic carbocycles. The average Bonchev–Trinajstić information content (AvgIpc) is 2.73. The van der Waals surface area contributed by atoms with Gasteiger partial charge in [0.15, 0.2) is 0 Å². The van der Waals surface area contributed by atoms with Crippen molar-refractivity contribution in [2.45, 2.75) is 38.3 Å². The van der Waals surface area contributed by atoms with Crippen LogP contribution in [0, 0.1) is 0 Å². The largest absolute Gasteiger partial charge is 0.309 e. The van der Waals surface area contributed by atoms with Crippen LogP contribution in [0.15, 0.2) is 58.2 Å². The van der Waals surface area contributed by atoms with E-state index in [1.807, 2.05) is 51.1 Å². The number of fused-ring (bicyclic) bond motifs is 1. The van der Waals surface area contributed by atoms with Gasteiger partial charge in [0.05, 0.1) is 22.3 Å². The van der Waals surface area contributed by atoms with Crippen molar-refractivity contribution >= 4 is 20.9 Å². The first kappa shape index (κ1) is 21.2. The molecule has 29 heavy (non-hydrogen) atoms. The molecule has 0 radical (unpaired) electrons. The summed E-state index contributed by atoms with van der Waals surface area (Å²) in [5.41, 5.74) is 1.45. The molecule has 8 heteroatoms. The molecular weight excluding hydrogens is 388 g/mol. The fourth-order valence-corrected chi connectivity index (χ4v) is 4.69. The van der Waals surface area contributed by atoms with Gasteiger partial charge in [-0.3, -0.25) is 4.79 Å². The second-order valence-electron chi connectivity index (χ2n) is 6.79. The van der Waals surface area contributed by atoms with Crippen molar-refractivity contribution in [2.24, 2.45) is 0 Å². The van der Waals surface area contributed by atoms with Gasteiger partial charge in [-0.05, 0) is 36.8 Å². The molecule has 3 aromatic rings. The van der Waals surface area contributed by atoms with Crippen molar-refractivity contribution in [3.8, 4) is 0 Å². The summed E-state index contributed by atoms with van der Waals surface area (Å²) in [6.45, 7) is 6.90. The van der Waals surface area contributed by atoms with Gasteiger partial charge in [0.1, 0.15) is 5.82 Å². The zero-order valence-electron chi connectivity index (χ0n) is 16.8. The van der Waals surface area contributed by atoms with Gasteiger partial charge in [-0.1, -0.05) is 38.1 Å². The van der Waals surface area contributed by atoms with E-state index in [0.29, 0.717) is 36.4 Å². The molecule has 0 fully saturated rings. The highest BCUT2D eigenvalue weighted by atomic mass is 32.2. The van der Waals surface area contributed by atoms with Gasteiger partial charge in [-0.25, -0.2) is 13.4 Å². The maximum absolute atomic E-state index is 12.6. The Kier molecular flexibility index (Phi) is 6.46. The van der Waals surface area contributed by atoms with Crippen LogP contribution >= 0.6 is 0 Å². The molecule has 1 heterocycles. The van der Waals surface area contributed by atoms with Gasteiger partial charge in [0.25, 0.3) is 5.56 Å². The van der Waals surface area contributed by atoms with E-state index in [2.05, 4.69) is 15.3 Å². The van der Waals surface area contributed by atoms with Crippen molar-refractivity contribution in [3.63, 3.8) is 0 Å². The zero-order chi connectivity index (χ0) is 21.0. The minimum absolute atomic E-state index is 0.0445. The number of H-pyrrole nitrogens is 1. The molecular formula is C21H26N4O3S. The summed E-state index contributed by atoms with van der Waals surface area (Å²) in [4.78, 5) is 19.7. The third-order valence-corrected chi connectivity index (χ3v) is 7.03. The molecule has 0 bridgehead atoms. The Balaban J connectivity index is 1.72. The van der Waals surface area contributed by atoms with Gasteiger partial charge in [-0.15, -0.1) is 0 Å². The normalized spacial score (nSPS) is 13.1. The first-order chi connectivity index (χ1) is 13.9. The lowest BCUT2D eigenvalue weighted by molar-refractivity contribution is 0.445. The maximum atomic E-state index is 12.6. The molecule has 0 aliphatic rings. The minimum atomic E-state index is -3.46. The summed E-state index contributed by atoms with van der Waals surface area (Å²) in [5.74, 6) is 0.557. The van der Waals surface area contributed by atoms with E-state index in [4.69, 9.17) is 0 Å². The molecule has 0 aliphatic carbocycles. The van der Waals surface area contributed by atoms with Gasteiger partial charge in [-0.2, -0.15) is 4.31 Å². The SMILES string of the molecule is CCN(CC)S(=O)(=O)c1ccc([C@H](C)NCc2nc3ccccc3c(=O)[nH]2)cc1. The smallest absolute Gasteiger partial charge is 0.258 e. The molecule has 154 valence electrons. The third-order valence-electron chi connectivity index (χ3n) is 4.96. The quantitative estimate of drug-likeness (QED) is 0.591. The summed E-state index contributed by atoms with van der Waals surface area (Å²) in [7, 11) is -3.46. The van der Waals surface area contributed by atoms with Crippen molar-refractivity contribution < 1.29 is 8.42 Å². The molecule has 0 saturated heterocycles. The molecule has 2 N–H and O–H groups in total. The Morgan fingerprint density at radius 3 is 2.38 bits per heavy atom. The standard InChI is InChI=1S/C21H26N4O3S/c1-4-25(5-2)29(27,28)17-12-10-16(11-13-17)15(3)22-14-20-23-19-9-7-6-8-18(19)21(26)24-20/h6-13,15,22H,4-5,14H2,1-3H3,(H,23,24,26)/t15-/m0/s1. The Labute approximate surface area is 170 Å². The Hall–Kier alpha value is -2.55. The average molecular weight is 415 g/mol. The summed E-state index contributed by atoms with van der Waals surface area (Å²) >= 11 is 0. The van der Waals surface area contributed by atoms with Crippen molar-refractivity contribution in [1.82, 2.24) is 19.6 Å². The zero-order valence-corrected chi connectivity index (χ0v) is 17.7. The number of para-hydroxylation sites is 1. The van der Waals surface area contributed by atoms with Gasteiger partial charge in [0, 0.05) is 19.1 Å². The molecule has 0 amide bonds. The number of nitrogens with one attached hydrogen (secondary N) is 2. The molecule has 1 atom stereocenters. The van der Waals surface area contributed by atoms with Gasteiger partial charge < -0.3 is 10.3 Å². The van der Waals surface area contributed by atoms with E-state index in [0.717, 1.165) is 5.56 Å². The fraction of sp³-hybridized carbons (Fsp3) is 0.333. The monoisotopic (exact) mass is 414 g/mol. The van der Waals surface area contributed by atoms with Crippen molar-refractivity contribution in [3.05, 3.63) is 70.3 Å². The number of sulfonamides is 1. The summed E-state index contributed by atoms with van der Waals surface area (Å²) < 4.78 is 26.6. The number of nitrogens with zero attached hydrogens (tertiary/aromatic N) is 2. The second-order valence-corrected chi connectivity index (χ2v) is 8.73. The van der Waals surface area contributed by atoms with Gasteiger partial charge >= 0.3 is 0 Å². The highest BCUT2D eigenvalue weighted by Crippen LogP contribution is 2.19. The van der Waals surface area contributed by atoms with Crippen LogP contribution in [0.1, 0.15) is 38.2 Å². The molecule has 3 rings (SSSR count). The lowest BCUT2D eigenvalue weighted by Gasteiger charge is -2.19. The number of aromatic amines is 1. The van der Waals surface area contributed by atoms with Crippen LogP contribution in [0.5, 0.6) is 0 Å². The number of rotatable bonds is 8. The van der Waals surface area contributed by atoms with Crippen LogP contribution in [-0.2, 0) is 16.6 Å². The third kappa shape index (κ3) is 4.55. The molecule has 0 saturated carbocycles. The highest BCUT2D eigenvalue weighted by Gasteiger charge is 2.21. The topological polar surface area (TPSA) is 95.2 Å². The van der Waals surface area contributed by atoms with Crippen LogP contribution in [-0.4, -0.2) is 35.8 Å². The van der Waals surface area contributed by atoms with Crippen molar-refractivity contribution in [1.29, 1.82) is 0 Å². The molecule has 1 aromatic heterocycles. The van der Waals surface area contributed by atoms with E-state index in [9.17, 15) is 13.2 Å². The predicted octanol–water partition coefficient (Wildman–Crippen LogP) is 2.80. The first-order valence-electron chi connectivity index (χ1n) is 9.68. The summed E-state index contributed by atoms with van der Waals surface area (Å²) in [5, 5.41) is 3.88. The molecule has 0 spiro atoms. The summed E-state index contributed by atoms with van der Waals surface area (Å²) in [6, 6.07) is 14.1. The molecule has 0 aliphatic heterocycles. The number of hydrogen-bond donors (Lipinski definition) is 2. The van der Waals surface area contributed by atoms with E-state index in [1.165, 1.54) is 4.31 Å². The molecule has 7 nitrogen and oxygen atoms in total. The van der Waals surface area contributed by atoms with E-state index < -0.39 is 10.0 Å². The fourth-order valence-electron chi connectivity index (χ4n) is 3.23. The first-order valence-corrected chi connectivity index (χ1v) is 11.1. The van der Waals surface area contributed by atoms with Crippen LogP contribution in [0.3, 0.4) is 0 Å². The van der Waals surface area contributed by atoms with Crippen LogP contribution in [0.2, 0.25) is 0 Å². The second kappa shape index (κ2) is 8.86. The lowest BCUT2D eigenvalue weighted by Crippen LogP contribution is -2.30. The number of hydrogen-bond acceptors (Lipinski definition) is 5. The van der Waals surface area contributed by atoms with Crippen LogP contribution < -0.4 is 10.9 Å². The maximum Gasteiger partial charge on any atom is 0.258 e. The summed E-state index contributed by atoms with van der Waals surface area (Å²) in [6.07, 6.45) is 0. The highest BCUT2D eigenvalue weighted by molar-refractivity contribution is 7.89. The van der Waals surface area contributed by atoms with Crippen LogP contribution in [0.4, 0.5) is 0 Å². The Bertz CT molecular complexity index is 1140. The Morgan fingerprint density at radius 2 is 1.72 bits per heavy atom. The predicted molar refractivity (Wildman–Crippen MR) is 114 cm³/mol. The lowest BCUT2D eigenvalue weighted by atomic mass is 10.1. The molecule has 0 unspecified atom stereocenters. The van der Waals surface area contributed by atoms with Gasteiger partial charge in [0.2, 0.25) is 10.0 Å². The number of benzene rings is 2. The van der Waals surface area contributed by atoms with E-state index in [-0.39, 0.29) is 16.5 Å².